The first-order valence-electron chi connectivity index (χ1n) is 11.3. The Morgan fingerprint density at radius 3 is 2.71 bits per heavy atom. The molecule has 2 aromatic heterocycles. The molecule has 1 aliphatic rings. The maximum absolute atomic E-state index is 9.18. The summed E-state index contributed by atoms with van der Waals surface area (Å²) >= 11 is 0. The van der Waals surface area contributed by atoms with Crippen molar-refractivity contribution in [1.82, 2.24) is 9.97 Å². The standard InChI is InChI=1S/C29H25N5/c1-20-16-29(2,11-13-31-20)25-8-6-21(7-9-25)18-34-28-26-19-33-27(15-23(26)10-12-32-28)24-5-3-4-22(14-24)17-30/h3-10,12-16,19H,11,18H2,1-2H3,(H,32,34). The van der Waals surface area contributed by atoms with E-state index in [9.17, 15) is 5.26 Å². The molecule has 0 fully saturated rings. The molecule has 1 unspecified atom stereocenters. The number of hydrogen-bond donors (Lipinski definition) is 1. The molecule has 34 heavy (non-hydrogen) atoms. The second-order valence-corrected chi connectivity index (χ2v) is 8.91. The number of pyridine rings is 2. The van der Waals surface area contributed by atoms with Crippen molar-refractivity contribution in [3.63, 3.8) is 0 Å². The number of nitrogens with zero attached hydrogens (tertiary/aromatic N) is 4. The van der Waals surface area contributed by atoms with E-state index in [1.165, 1.54) is 11.1 Å². The molecule has 0 aliphatic carbocycles. The van der Waals surface area contributed by atoms with Crippen molar-refractivity contribution in [1.29, 1.82) is 5.26 Å². The number of nitriles is 1. The van der Waals surface area contributed by atoms with Gasteiger partial charge in [-0.05, 0) is 54.1 Å². The zero-order valence-electron chi connectivity index (χ0n) is 19.3. The van der Waals surface area contributed by atoms with Gasteiger partial charge in [-0.1, -0.05) is 49.4 Å². The van der Waals surface area contributed by atoms with Gasteiger partial charge in [0.25, 0.3) is 0 Å². The molecule has 0 saturated heterocycles. The van der Waals surface area contributed by atoms with Gasteiger partial charge >= 0.3 is 0 Å². The number of aliphatic imine (C=N–C) groups is 1. The fourth-order valence-electron chi connectivity index (χ4n) is 4.44. The molecule has 1 aliphatic heterocycles. The summed E-state index contributed by atoms with van der Waals surface area (Å²) in [6, 6.07) is 22.5. The quantitative estimate of drug-likeness (QED) is 0.386. The van der Waals surface area contributed by atoms with E-state index in [2.05, 4.69) is 63.6 Å². The lowest BCUT2D eigenvalue weighted by molar-refractivity contribution is 0.614. The van der Waals surface area contributed by atoms with Gasteiger partial charge in [0, 0.05) is 47.2 Å². The van der Waals surface area contributed by atoms with Crippen LogP contribution in [0.2, 0.25) is 0 Å². The summed E-state index contributed by atoms with van der Waals surface area (Å²) in [6.45, 7) is 4.97. The molecule has 1 atom stereocenters. The average Bonchev–Trinajstić information content (AvgIpc) is 2.87. The number of anilines is 1. The van der Waals surface area contributed by atoms with E-state index in [0.717, 1.165) is 40.0 Å². The Kier molecular flexibility index (Phi) is 5.65. The maximum atomic E-state index is 9.18. The Labute approximate surface area is 199 Å². The summed E-state index contributed by atoms with van der Waals surface area (Å²) in [5, 5.41) is 14.7. The van der Waals surface area contributed by atoms with Gasteiger partial charge in [0.05, 0.1) is 17.3 Å². The third-order valence-electron chi connectivity index (χ3n) is 6.35. The van der Waals surface area contributed by atoms with Crippen molar-refractivity contribution in [2.45, 2.75) is 32.2 Å². The minimum Gasteiger partial charge on any atom is -0.365 e. The number of rotatable bonds is 5. The van der Waals surface area contributed by atoms with Crippen LogP contribution in [0.4, 0.5) is 5.82 Å². The van der Waals surface area contributed by atoms with E-state index >= 15 is 0 Å². The van der Waals surface area contributed by atoms with Gasteiger partial charge in [-0.15, -0.1) is 0 Å². The lowest BCUT2D eigenvalue weighted by Gasteiger charge is -2.28. The third kappa shape index (κ3) is 4.31. The smallest absolute Gasteiger partial charge is 0.135 e. The van der Waals surface area contributed by atoms with Crippen molar-refractivity contribution in [3.8, 4) is 17.3 Å². The van der Waals surface area contributed by atoms with Gasteiger partial charge in [-0.25, -0.2) is 4.98 Å². The van der Waals surface area contributed by atoms with Crippen molar-refractivity contribution >= 4 is 22.8 Å². The van der Waals surface area contributed by atoms with Crippen molar-refractivity contribution in [2.75, 3.05) is 5.32 Å². The second kappa shape index (κ2) is 8.92. The van der Waals surface area contributed by atoms with Crippen molar-refractivity contribution in [2.24, 2.45) is 4.99 Å². The normalized spacial score (nSPS) is 17.3. The summed E-state index contributed by atoms with van der Waals surface area (Å²) in [5.74, 6) is 0.806. The Balaban J connectivity index is 1.34. The molecule has 0 amide bonds. The fourth-order valence-corrected chi connectivity index (χ4v) is 4.44. The zero-order valence-corrected chi connectivity index (χ0v) is 19.3. The van der Waals surface area contributed by atoms with Crippen LogP contribution in [0.15, 0.2) is 89.8 Å². The second-order valence-electron chi connectivity index (χ2n) is 8.91. The molecule has 166 valence electrons. The van der Waals surface area contributed by atoms with Gasteiger partial charge in [0.1, 0.15) is 5.82 Å². The Hall–Kier alpha value is -4.30. The molecule has 5 nitrogen and oxygen atoms in total. The monoisotopic (exact) mass is 443 g/mol. The highest BCUT2D eigenvalue weighted by Crippen LogP contribution is 2.33. The molecule has 4 aromatic rings. The van der Waals surface area contributed by atoms with E-state index in [4.69, 9.17) is 0 Å². The Bertz CT molecular complexity index is 1460. The van der Waals surface area contributed by atoms with Crippen LogP contribution >= 0.6 is 0 Å². The summed E-state index contributed by atoms with van der Waals surface area (Å²) in [7, 11) is 0. The topological polar surface area (TPSA) is 74.0 Å². The van der Waals surface area contributed by atoms with Crippen LogP contribution in [0.3, 0.4) is 0 Å². The SMILES string of the molecule is CC1=CC(C)(c2ccc(CNc3nccc4cc(-c5cccc(C#N)c5)ncc34)cc2)CC=N1. The summed E-state index contributed by atoms with van der Waals surface area (Å²) < 4.78 is 0. The highest BCUT2D eigenvalue weighted by atomic mass is 15.0. The first-order chi connectivity index (χ1) is 16.5. The van der Waals surface area contributed by atoms with Gasteiger partial charge < -0.3 is 5.32 Å². The molecular weight excluding hydrogens is 418 g/mol. The molecule has 2 aromatic carbocycles. The van der Waals surface area contributed by atoms with Gasteiger partial charge in [-0.2, -0.15) is 5.26 Å². The van der Waals surface area contributed by atoms with Crippen LogP contribution in [0.25, 0.3) is 22.0 Å². The number of nitrogens with one attached hydrogen (secondary N) is 1. The zero-order chi connectivity index (χ0) is 23.5. The molecule has 0 saturated carbocycles. The van der Waals surface area contributed by atoms with E-state index < -0.39 is 0 Å². The van der Waals surface area contributed by atoms with E-state index in [1.54, 1.807) is 6.07 Å². The van der Waals surface area contributed by atoms with Crippen LogP contribution in [0.5, 0.6) is 0 Å². The van der Waals surface area contributed by atoms with E-state index in [0.29, 0.717) is 12.1 Å². The number of allylic oxidation sites excluding steroid dienone is 2. The van der Waals surface area contributed by atoms with Gasteiger partial charge in [0.15, 0.2) is 0 Å². The first-order valence-corrected chi connectivity index (χ1v) is 11.3. The Morgan fingerprint density at radius 2 is 1.91 bits per heavy atom. The predicted octanol–water partition coefficient (Wildman–Crippen LogP) is 6.42. The van der Waals surface area contributed by atoms with Gasteiger partial charge in [0.2, 0.25) is 0 Å². The molecule has 3 heterocycles. The summed E-state index contributed by atoms with van der Waals surface area (Å²) in [4.78, 5) is 13.6. The molecular formula is C29H25N5. The van der Waals surface area contributed by atoms with Gasteiger partial charge in [-0.3, -0.25) is 9.98 Å². The number of fused-ring (bicyclic) bond motifs is 1. The van der Waals surface area contributed by atoms with Crippen LogP contribution in [-0.2, 0) is 12.0 Å². The maximum Gasteiger partial charge on any atom is 0.135 e. The first kappa shape index (κ1) is 21.5. The molecule has 0 spiro atoms. The third-order valence-corrected chi connectivity index (χ3v) is 6.35. The highest BCUT2D eigenvalue weighted by Gasteiger charge is 2.25. The summed E-state index contributed by atoms with van der Waals surface area (Å²) in [6.07, 6.45) is 8.83. The molecule has 5 heteroatoms. The molecule has 1 N–H and O–H groups in total. The van der Waals surface area contributed by atoms with Crippen LogP contribution in [-0.4, -0.2) is 16.2 Å². The average molecular weight is 444 g/mol. The molecule has 0 radical (unpaired) electrons. The number of hydrogen-bond acceptors (Lipinski definition) is 5. The predicted molar refractivity (Wildman–Crippen MR) is 138 cm³/mol. The lowest BCUT2D eigenvalue weighted by Crippen LogP contribution is -2.22. The van der Waals surface area contributed by atoms with Crippen molar-refractivity contribution < 1.29 is 0 Å². The number of aromatic nitrogens is 2. The van der Waals surface area contributed by atoms with E-state index in [1.807, 2.05) is 55.9 Å². The fraction of sp³-hybridized carbons (Fsp3) is 0.172. The van der Waals surface area contributed by atoms with Crippen LogP contribution in [0.1, 0.15) is 37.0 Å². The summed E-state index contributed by atoms with van der Waals surface area (Å²) in [5.41, 5.74) is 5.93. The van der Waals surface area contributed by atoms with Crippen LogP contribution < -0.4 is 5.32 Å². The highest BCUT2D eigenvalue weighted by molar-refractivity contribution is 5.93. The minimum atomic E-state index is -0.00882. The molecule has 5 rings (SSSR count). The van der Waals surface area contributed by atoms with Crippen LogP contribution in [0, 0.1) is 11.3 Å². The Morgan fingerprint density at radius 1 is 1.06 bits per heavy atom. The van der Waals surface area contributed by atoms with E-state index in [-0.39, 0.29) is 5.41 Å². The number of benzene rings is 2. The molecule has 0 bridgehead atoms. The lowest BCUT2D eigenvalue weighted by atomic mass is 9.78. The largest absolute Gasteiger partial charge is 0.365 e. The van der Waals surface area contributed by atoms with Crippen molar-refractivity contribution in [3.05, 3.63) is 102 Å². The minimum absolute atomic E-state index is 0.00882.